The Morgan fingerprint density at radius 3 is 2.24 bits per heavy atom. The molecule has 0 aliphatic carbocycles. The van der Waals surface area contributed by atoms with Gasteiger partial charge in [-0.3, -0.25) is 4.79 Å². The Labute approximate surface area is 171 Å². The van der Waals surface area contributed by atoms with E-state index in [1.54, 1.807) is 12.0 Å². The molecule has 1 aliphatic rings. The van der Waals surface area contributed by atoms with Crippen molar-refractivity contribution >= 4 is 23.6 Å². The first kappa shape index (κ1) is 20.5. The summed E-state index contributed by atoms with van der Waals surface area (Å²) in [7, 11) is 1.62. The van der Waals surface area contributed by atoms with E-state index in [9.17, 15) is 9.59 Å². The molecule has 0 radical (unpaired) electrons. The predicted octanol–water partition coefficient (Wildman–Crippen LogP) is 3.11. The van der Waals surface area contributed by atoms with Gasteiger partial charge in [0, 0.05) is 43.9 Å². The van der Waals surface area contributed by atoms with Gasteiger partial charge < -0.3 is 19.9 Å². The lowest BCUT2D eigenvalue weighted by atomic mass is 10.0. The summed E-state index contributed by atoms with van der Waals surface area (Å²) in [5.41, 5.74) is 2.32. The minimum atomic E-state index is -0.0764. The molecule has 0 aromatic heterocycles. The summed E-state index contributed by atoms with van der Waals surface area (Å²) < 4.78 is 5.45. The highest BCUT2D eigenvalue weighted by Crippen LogP contribution is 2.26. The third-order valence-electron chi connectivity index (χ3n) is 4.94. The van der Waals surface area contributed by atoms with Crippen LogP contribution >= 0.6 is 0 Å². The molecule has 0 unspecified atom stereocenters. The van der Waals surface area contributed by atoms with Crippen molar-refractivity contribution in [2.24, 2.45) is 0 Å². The molecule has 3 amide bonds. The van der Waals surface area contributed by atoms with E-state index in [1.807, 2.05) is 72.5 Å². The van der Waals surface area contributed by atoms with Gasteiger partial charge in [-0.05, 0) is 24.6 Å². The minimum absolute atomic E-state index is 0.0438. The Kier molecular flexibility index (Phi) is 6.89. The van der Waals surface area contributed by atoms with Crippen LogP contribution in [0.5, 0.6) is 5.75 Å². The number of urea groups is 1. The SMILES string of the molecule is CCNC(=O)N1CCN(C(=O)C(=Cc2ccccc2OC)c2ccccc2)CC1. The zero-order chi connectivity index (χ0) is 20.6. The molecule has 0 atom stereocenters. The molecule has 1 fully saturated rings. The van der Waals surface area contributed by atoms with Gasteiger partial charge in [-0.15, -0.1) is 0 Å². The van der Waals surface area contributed by atoms with Crippen molar-refractivity contribution in [3.63, 3.8) is 0 Å². The van der Waals surface area contributed by atoms with Gasteiger partial charge >= 0.3 is 6.03 Å². The summed E-state index contributed by atoms with van der Waals surface area (Å²) in [6, 6.07) is 17.2. The molecular formula is C23H27N3O3. The van der Waals surface area contributed by atoms with Crippen LogP contribution in [0.15, 0.2) is 54.6 Å². The fraction of sp³-hybridized carbons (Fsp3) is 0.304. The normalized spacial score (nSPS) is 14.5. The summed E-state index contributed by atoms with van der Waals surface area (Å²) in [6.45, 7) is 4.55. The molecule has 3 rings (SSSR count). The van der Waals surface area contributed by atoms with Gasteiger partial charge in [-0.1, -0.05) is 48.5 Å². The molecule has 29 heavy (non-hydrogen) atoms. The number of nitrogens with zero attached hydrogens (tertiary/aromatic N) is 2. The Morgan fingerprint density at radius 2 is 1.59 bits per heavy atom. The number of hydrogen-bond donors (Lipinski definition) is 1. The van der Waals surface area contributed by atoms with Crippen molar-refractivity contribution in [2.45, 2.75) is 6.92 Å². The van der Waals surface area contributed by atoms with Crippen LogP contribution in [0.3, 0.4) is 0 Å². The van der Waals surface area contributed by atoms with Crippen molar-refractivity contribution < 1.29 is 14.3 Å². The maximum Gasteiger partial charge on any atom is 0.317 e. The highest BCUT2D eigenvalue weighted by molar-refractivity contribution is 6.24. The lowest BCUT2D eigenvalue weighted by Crippen LogP contribution is -2.53. The van der Waals surface area contributed by atoms with Crippen LogP contribution in [-0.4, -0.2) is 61.6 Å². The molecule has 1 saturated heterocycles. The fourth-order valence-corrected chi connectivity index (χ4v) is 3.37. The average molecular weight is 393 g/mol. The van der Waals surface area contributed by atoms with E-state index in [1.165, 1.54) is 0 Å². The number of para-hydroxylation sites is 1. The second kappa shape index (κ2) is 9.78. The molecule has 0 spiro atoms. The Balaban J connectivity index is 1.85. The smallest absolute Gasteiger partial charge is 0.317 e. The first-order valence-electron chi connectivity index (χ1n) is 9.86. The van der Waals surface area contributed by atoms with Crippen molar-refractivity contribution in [1.29, 1.82) is 0 Å². The molecular weight excluding hydrogens is 366 g/mol. The molecule has 0 saturated carbocycles. The molecule has 2 aromatic carbocycles. The topological polar surface area (TPSA) is 61.9 Å². The van der Waals surface area contributed by atoms with Crippen LogP contribution in [0.25, 0.3) is 11.6 Å². The Morgan fingerprint density at radius 1 is 0.966 bits per heavy atom. The zero-order valence-corrected chi connectivity index (χ0v) is 16.9. The van der Waals surface area contributed by atoms with Gasteiger partial charge in [0.15, 0.2) is 0 Å². The maximum absolute atomic E-state index is 13.4. The zero-order valence-electron chi connectivity index (χ0n) is 16.9. The van der Waals surface area contributed by atoms with E-state index in [4.69, 9.17) is 4.74 Å². The molecule has 1 heterocycles. The van der Waals surface area contributed by atoms with E-state index in [0.29, 0.717) is 38.3 Å². The number of rotatable bonds is 5. The summed E-state index contributed by atoms with van der Waals surface area (Å²) in [6.07, 6.45) is 1.88. The fourth-order valence-electron chi connectivity index (χ4n) is 3.37. The molecule has 1 aliphatic heterocycles. The standard InChI is InChI=1S/C23H27N3O3/c1-3-24-23(28)26-15-13-25(14-16-26)22(27)20(18-9-5-4-6-10-18)17-19-11-7-8-12-21(19)29-2/h4-12,17H,3,13-16H2,1-2H3,(H,24,28). The quantitative estimate of drug-likeness (QED) is 0.627. The van der Waals surface area contributed by atoms with Crippen LogP contribution in [0, 0.1) is 0 Å². The number of hydrogen-bond acceptors (Lipinski definition) is 3. The Bertz CT molecular complexity index is 872. The highest BCUT2D eigenvalue weighted by atomic mass is 16.5. The van der Waals surface area contributed by atoms with E-state index in [2.05, 4.69) is 5.32 Å². The number of piperazine rings is 1. The largest absolute Gasteiger partial charge is 0.496 e. The molecule has 0 bridgehead atoms. The monoisotopic (exact) mass is 393 g/mol. The molecule has 6 heteroatoms. The highest BCUT2D eigenvalue weighted by Gasteiger charge is 2.26. The van der Waals surface area contributed by atoms with Crippen molar-refractivity contribution in [1.82, 2.24) is 15.1 Å². The van der Waals surface area contributed by atoms with Crippen LogP contribution in [0.1, 0.15) is 18.1 Å². The van der Waals surface area contributed by atoms with Gasteiger partial charge in [0.1, 0.15) is 5.75 Å². The molecule has 2 aromatic rings. The van der Waals surface area contributed by atoms with Crippen molar-refractivity contribution in [2.75, 3.05) is 39.8 Å². The molecule has 152 valence electrons. The third kappa shape index (κ3) is 4.96. The van der Waals surface area contributed by atoms with Crippen molar-refractivity contribution in [3.05, 3.63) is 65.7 Å². The van der Waals surface area contributed by atoms with Gasteiger partial charge in [-0.2, -0.15) is 0 Å². The molecule has 1 N–H and O–H groups in total. The van der Waals surface area contributed by atoms with Crippen LogP contribution in [0.2, 0.25) is 0 Å². The minimum Gasteiger partial charge on any atom is -0.496 e. The summed E-state index contributed by atoms with van der Waals surface area (Å²) in [5.74, 6) is 0.674. The summed E-state index contributed by atoms with van der Waals surface area (Å²) in [4.78, 5) is 29.0. The molecule has 6 nitrogen and oxygen atoms in total. The number of carbonyl (C=O) groups is 2. The summed E-state index contributed by atoms with van der Waals surface area (Å²) in [5, 5.41) is 2.81. The van der Waals surface area contributed by atoms with Crippen LogP contribution in [-0.2, 0) is 4.79 Å². The number of ether oxygens (including phenoxy) is 1. The number of nitrogens with one attached hydrogen (secondary N) is 1. The lowest BCUT2D eigenvalue weighted by molar-refractivity contribution is -0.126. The maximum atomic E-state index is 13.4. The van der Waals surface area contributed by atoms with Gasteiger partial charge in [0.2, 0.25) is 0 Å². The average Bonchev–Trinajstić information content (AvgIpc) is 2.78. The number of carbonyl (C=O) groups excluding carboxylic acids is 2. The number of amides is 3. The summed E-state index contributed by atoms with van der Waals surface area (Å²) >= 11 is 0. The van der Waals surface area contributed by atoms with E-state index in [0.717, 1.165) is 16.9 Å². The first-order valence-corrected chi connectivity index (χ1v) is 9.86. The number of benzene rings is 2. The van der Waals surface area contributed by atoms with Gasteiger partial charge in [-0.25, -0.2) is 4.79 Å². The van der Waals surface area contributed by atoms with Crippen LogP contribution in [0.4, 0.5) is 4.79 Å². The predicted molar refractivity (Wildman–Crippen MR) is 115 cm³/mol. The van der Waals surface area contributed by atoms with Gasteiger partial charge in [0.05, 0.1) is 7.11 Å². The second-order valence-electron chi connectivity index (χ2n) is 6.78. The number of methoxy groups -OCH3 is 1. The third-order valence-corrected chi connectivity index (χ3v) is 4.94. The first-order chi connectivity index (χ1) is 14.1. The van der Waals surface area contributed by atoms with Gasteiger partial charge in [0.25, 0.3) is 5.91 Å². The van der Waals surface area contributed by atoms with Crippen molar-refractivity contribution in [3.8, 4) is 5.75 Å². The van der Waals surface area contributed by atoms with E-state index >= 15 is 0 Å². The lowest BCUT2D eigenvalue weighted by Gasteiger charge is -2.35. The second-order valence-corrected chi connectivity index (χ2v) is 6.78. The van der Waals surface area contributed by atoms with Crippen LogP contribution < -0.4 is 10.1 Å². The Hall–Kier alpha value is -3.28. The van der Waals surface area contributed by atoms with E-state index < -0.39 is 0 Å². The van der Waals surface area contributed by atoms with E-state index in [-0.39, 0.29) is 11.9 Å².